The normalized spacial score (nSPS) is 31.1. The molecule has 10 nitrogen and oxygen atoms in total. The van der Waals surface area contributed by atoms with Gasteiger partial charge in [0.05, 0.1) is 40.1 Å². The molecule has 220 valence electrons. The highest BCUT2D eigenvalue weighted by Gasteiger charge is 2.68. The maximum atomic E-state index is 14.4. The topological polar surface area (TPSA) is 147 Å². The largest absolute Gasteiger partial charge is 0.508 e. The molecule has 3 heterocycles. The highest BCUT2D eigenvalue weighted by Crippen LogP contribution is 2.62. The first-order chi connectivity index (χ1) is 20.4. The number of amides is 6. The molecule has 1 saturated carbocycles. The van der Waals surface area contributed by atoms with Crippen molar-refractivity contribution in [1.29, 1.82) is 0 Å². The number of halogens is 2. The Morgan fingerprint density at radius 2 is 1.86 bits per heavy atom. The van der Waals surface area contributed by atoms with Crippen molar-refractivity contribution in [3.05, 3.63) is 76.3 Å². The van der Waals surface area contributed by atoms with E-state index in [-0.39, 0.29) is 35.7 Å². The minimum atomic E-state index is -1.36. The van der Waals surface area contributed by atoms with Crippen LogP contribution < -0.4 is 15.4 Å². The van der Waals surface area contributed by atoms with Crippen LogP contribution in [0.4, 0.5) is 14.9 Å². The van der Waals surface area contributed by atoms with Crippen LogP contribution in [-0.4, -0.2) is 39.7 Å². The van der Waals surface area contributed by atoms with Gasteiger partial charge in [-0.1, -0.05) is 23.3 Å². The highest BCUT2D eigenvalue weighted by atomic mass is 35.5. The van der Waals surface area contributed by atoms with Crippen molar-refractivity contribution in [3.8, 4) is 11.5 Å². The van der Waals surface area contributed by atoms with Crippen LogP contribution in [0.25, 0.3) is 0 Å². The molecule has 43 heavy (non-hydrogen) atoms. The van der Waals surface area contributed by atoms with Crippen molar-refractivity contribution < 1.29 is 38.2 Å². The van der Waals surface area contributed by atoms with Gasteiger partial charge in [0.25, 0.3) is 0 Å². The first kappa shape index (κ1) is 27.3. The van der Waals surface area contributed by atoms with Crippen LogP contribution in [0.5, 0.6) is 11.5 Å². The number of aromatic hydroxyl groups is 1. The minimum Gasteiger partial charge on any atom is -0.508 e. The predicted molar refractivity (Wildman–Crippen MR) is 149 cm³/mol. The molecule has 2 saturated heterocycles. The van der Waals surface area contributed by atoms with Crippen LogP contribution in [0.15, 0.2) is 59.9 Å². The summed E-state index contributed by atoms with van der Waals surface area (Å²) in [7, 11) is 0. The number of carbonyl (C=O) groups excluding carboxylic acids is 5. The molecular weight excluding hydrogens is 581 g/mol. The first-order valence-corrected chi connectivity index (χ1v) is 14.2. The monoisotopic (exact) mass is 605 g/mol. The molecule has 3 aliphatic heterocycles. The number of hydrogen-bond donors (Lipinski definition) is 2. The molecular formula is C31H25ClFN3O7. The SMILES string of the molecule is CC12C(=O)N(c3ccc(F)c(Cl)c3)C(=O)C1CC1C(=CCC3C(=O)N(C(N)=O)C(=O)C31)C2C1=COc2ccc(O)cc2C1. The van der Waals surface area contributed by atoms with Gasteiger partial charge in [0.15, 0.2) is 0 Å². The van der Waals surface area contributed by atoms with E-state index in [9.17, 15) is 33.5 Å². The third kappa shape index (κ3) is 3.67. The number of nitrogens with two attached hydrogens (primary N) is 1. The van der Waals surface area contributed by atoms with E-state index in [1.807, 2.05) is 6.08 Å². The summed E-state index contributed by atoms with van der Waals surface area (Å²) >= 11 is 6.02. The standard InChI is InChI=1S/C31H25ClFN3O7/c1-31-20(27(39)35(29(31)41)15-2-6-22(33)21(32)10-15)11-19-17(4-5-18-24(19)28(40)36(26(18)38)30(34)42)25(31)14-8-13-9-16(37)3-7-23(13)43-12-14/h2-4,6-7,9-10,12,18-20,24-25,37H,5,8,11H2,1H3,(H2,34,42). The summed E-state index contributed by atoms with van der Waals surface area (Å²) in [6.07, 6.45) is 3.86. The molecule has 0 spiro atoms. The maximum Gasteiger partial charge on any atom is 0.328 e. The van der Waals surface area contributed by atoms with Gasteiger partial charge in [0.1, 0.15) is 17.3 Å². The van der Waals surface area contributed by atoms with Crippen LogP contribution in [0, 0.1) is 40.8 Å². The molecule has 7 rings (SSSR count). The minimum absolute atomic E-state index is 0.0297. The zero-order chi connectivity index (χ0) is 30.5. The van der Waals surface area contributed by atoms with Gasteiger partial charge >= 0.3 is 6.03 Å². The summed E-state index contributed by atoms with van der Waals surface area (Å²) in [6.45, 7) is 1.70. The van der Waals surface area contributed by atoms with Crippen LogP contribution in [0.1, 0.15) is 25.3 Å². The highest BCUT2D eigenvalue weighted by molar-refractivity contribution is 6.31. The molecule has 2 aliphatic carbocycles. The Balaban J connectivity index is 1.38. The van der Waals surface area contributed by atoms with Gasteiger partial charge in [-0.05, 0) is 67.7 Å². The Morgan fingerprint density at radius 3 is 2.58 bits per heavy atom. The van der Waals surface area contributed by atoms with E-state index in [1.54, 1.807) is 19.1 Å². The van der Waals surface area contributed by atoms with Crippen molar-refractivity contribution in [3.63, 3.8) is 0 Å². The molecule has 0 radical (unpaired) electrons. The van der Waals surface area contributed by atoms with Crippen LogP contribution in [-0.2, 0) is 25.6 Å². The maximum absolute atomic E-state index is 14.4. The number of nitrogens with zero attached hydrogens (tertiary/aromatic N) is 2. The summed E-state index contributed by atoms with van der Waals surface area (Å²) in [4.78, 5) is 68.7. The molecule has 5 aliphatic rings. The number of anilines is 1. The smallest absolute Gasteiger partial charge is 0.328 e. The fraction of sp³-hybridized carbons (Fsp3) is 0.323. The zero-order valence-electron chi connectivity index (χ0n) is 22.8. The Morgan fingerprint density at radius 1 is 1.09 bits per heavy atom. The number of phenolic OH excluding ortho intramolecular Hbond substituents is 1. The van der Waals surface area contributed by atoms with Gasteiger partial charge in [-0.3, -0.25) is 19.2 Å². The second kappa shape index (κ2) is 9.24. The molecule has 6 atom stereocenters. The van der Waals surface area contributed by atoms with Gasteiger partial charge < -0.3 is 15.6 Å². The van der Waals surface area contributed by atoms with Gasteiger partial charge in [0.2, 0.25) is 23.6 Å². The number of rotatable bonds is 2. The molecule has 12 heteroatoms. The lowest BCUT2D eigenvalue weighted by atomic mass is 9.51. The number of ether oxygens (including phenoxy) is 1. The number of primary amides is 1. The number of phenols is 1. The van der Waals surface area contributed by atoms with Gasteiger partial charge in [-0.25, -0.2) is 14.1 Å². The van der Waals surface area contributed by atoms with Crippen molar-refractivity contribution in [1.82, 2.24) is 4.90 Å². The number of allylic oxidation sites excluding steroid dienone is 3. The van der Waals surface area contributed by atoms with E-state index in [1.165, 1.54) is 24.5 Å². The molecule has 2 aromatic carbocycles. The second-order valence-corrected chi connectivity index (χ2v) is 12.3. The second-order valence-electron chi connectivity index (χ2n) is 11.9. The summed E-state index contributed by atoms with van der Waals surface area (Å²) in [5.41, 5.74) is 6.16. The van der Waals surface area contributed by atoms with E-state index < -0.39 is 70.5 Å². The molecule has 3 fully saturated rings. The summed E-state index contributed by atoms with van der Waals surface area (Å²) < 4.78 is 20.0. The predicted octanol–water partition coefficient (Wildman–Crippen LogP) is 3.85. The first-order valence-electron chi connectivity index (χ1n) is 13.8. The lowest BCUT2D eigenvalue weighted by Gasteiger charge is -2.49. The number of fused-ring (bicyclic) bond motifs is 5. The van der Waals surface area contributed by atoms with E-state index in [4.69, 9.17) is 22.1 Å². The quantitative estimate of drug-likeness (QED) is 0.390. The Hall–Kier alpha value is -4.51. The molecule has 6 amide bonds. The number of urea groups is 1. The van der Waals surface area contributed by atoms with Crippen molar-refractivity contribution in [2.75, 3.05) is 4.90 Å². The molecule has 0 aromatic heterocycles. The fourth-order valence-corrected chi connectivity index (χ4v) is 8.11. The van der Waals surface area contributed by atoms with E-state index in [2.05, 4.69) is 0 Å². The van der Waals surface area contributed by atoms with Crippen molar-refractivity contribution in [2.24, 2.45) is 40.7 Å². The number of benzene rings is 2. The number of imide groups is 4. The van der Waals surface area contributed by atoms with E-state index in [0.717, 1.165) is 11.0 Å². The fourth-order valence-electron chi connectivity index (χ4n) is 7.93. The summed E-state index contributed by atoms with van der Waals surface area (Å²) in [5, 5.41) is 9.88. The van der Waals surface area contributed by atoms with Gasteiger partial charge in [-0.2, -0.15) is 4.90 Å². The van der Waals surface area contributed by atoms with Gasteiger partial charge in [0, 0.05) is 17.9 Å². The number of carbonyl (C=O) groups is 5. The van der Waals surface area contributed by atoms with Crippen LogP contribution in [0.2, 0.25) is 5.02 Å². The molecule has 2 aromatic rings. The third-order valence-corrected chi connectivity index (χ3v) is 10.1. The average Bonchev–Trinajstić information content (AvgIpc) is 3.33. The number of likely N-dealkylation sites (tertiary alicyclic amines) is 1. The van der Waals surface area contributed by atoms with E-state index >= 15 is 0 Å². The Labute approximate surface area is 249 Å². The Bertz CT molecular complexity index is 1750. The molecule has 6 unspecified atom stereocenters. The van der Waals surface area contributed by atoms with Crippen LogP contribution >= 0.6 is 11.6 Å². The van der Waals surface area contributed by atoms with Crippen molar-refractivity contribution >= 4 is 46.9 Å². The van der Waals surface area contributed by atoms with E-state index in [0.29, 0.717) is 27.4 Å². The van der Waals surface area contributed by atoms with Crippen LogP contribution in [0.3, 0.4) is 0 Å². The zero-order valence-corrected chi connectivity index (χ0v) is 23.5. The lowest BCUT2D eigenvalue weighted by Crippen LogP contribution is -2.51. The van der Waals surface area contributed by atoms with Crippen molar-refractivity contribution in [2.45, 2.75) is 26.2 Å². The number of hydrogen-bond acceptors (Lipinski definition) is 7. The third-order valence-electron chi connectivity index (χ3n) is 9.80. The summed E-state index contributed by atoms with van der Waals surface area (Å²) in [5.74, 6) is -6.70. The van der Waals surface area contributed by atoms with Gasteiger partial charge in [-0.15, -0.1) is 0 Å². The summed E-state index contributed by atoms with van der Waals surface area (Å²) in [6, 6.07) is 7.13. The molecule has 0 bridgehead atoms. The molecule has 3 N–H and O–H groups in total. The Kier molecular flexibility index (Phi) is 5.87. The lowest BCUT2D eigenvalue weighted by molar-refractivity contribution is -0.137. The average molecular weight is 606 g/mol.